The van der Waals surface area contributed by atoms with Crippen LogP contribution in [0.3, 0.4) is 0 Å². The highest BCUT2D eigenvalue weighted by Crippen LogP contribution is 2.21. The van der Waals surface area contributed by atoms with E-state index in [0.717, 1.165) is 22.8 Å². The van der Waals surface area contributed by atoms with E-state index in [4.69, 9.17) is 9.47 Å². The normalized spacial score (nSPS) is 11.8. The van der Waals surface area contributed by atoms with E-state index >= 15 is 0 Å². The zero-order valence-electron chi connectivity index (χ0n) is 19.4. The van der Waals surface area contributed by atoms with Crippen LogP contribution in [0.4, 0.5) is 4.39 Å². The highest BCUT2D eigenvalue weighted by atomic mass is 32.2. The average molecular weight is 523 g/mol. The SMILES string of the molecule is Cc1ccc(C)c(Cc2nc(COC(=O)COCCO[N+](=O)[O-])nn2-c2ccc(S(=O)O)cc2F)c1. The van der Waals surface area contributed by atoms with Crippen molar-refractivity contribution in [3.8, 4) is 5.69 Å². The fourth-order valence-electron chi connectivity index (χ4n) is 3.20. The molecule has 0 fully saturated rings. The molecule has 192 valence electrons. The molecule has 0 spiro atoms. The number of nitrogens with zero attached hydrogens (tertiary/aromatic N) is 4. The minimum atomic E-state index is -2.35. The van der Waals surface area contributed by atoms with E-state index in [9.17, 15) is 28.1 Å². The van der Waals surface area contributed by atoms with E-state index in [-0.39, 0.29) is 36.2 Å². The topological polar surface area (TPSA) is 156 Å². The molecule has 1 atom stereocenters. The molecule has 1 N–H and O–H groups in total. The molecule has 0 aliphatic carbocycles. The van der Waals surface area contributed by atoms with E-state index in [1.165, 1.54) is 16.8 Å². The smallest absolute Gasteiger partial charge is 0.332 e. The molecule has 0 aliphatic heterocycles. The van der Waals surface area contributed by atoms with Crippen LogP contribution in [0, 0.1) is 29.8 Å². The van der Waals surface area contributed by atoms with Crippen LogP contribution in [0.5, 0.6) is 0 Å². The first-order valence-corrected chi connectivity index (χ1v) is 11.7. The van der Waals surface area contributed by atoms with Crippen LogP contribution in [0.15, 0.2) is 41.3 Å². The van der Waals surface area contributed by atoms with Crippen LogP contribution in [-0.2, 0) is 43.2 Å². The van der Waals surface area contributed by atoms with E-state index < -0.39 is 34.6 Å². The lowest BCUT2D eigenvalue weighted by Gasteiger charge is -2.10. The molecule has 1 heterocycles. The lowest BCUT2D eigenvalue weighted by atomic mass is 10.0. The molecule has 0 saturated heterocycles. The standard InChI is InChI=1S/C22H23FN4O8S/c1-14-3-4-15(2)16(9-14)10-21-24-20(12-34-22(28)13-33-7-8-35-27(29)30)25-26(21)19-6-5-17(36(31)32)11-18(19)23/h3-6,9,11H,7-8,10,12-13H2,1-2H3,(H,31,32). The number of rotatable bonds is 12. The van der Waals surface area contributed by atoms with Crippen LogP contribution in [0.2, 0.25) is 0 Å². The van der Waals surface area contributed by atoms with Crippen molar-refractivity contribution in [1.82, 2.24) is 14.8 Å². The van der Waals surface area contributed by atoms with Crippen LogP contribution in [0.25, 0.3) is 5.69 Å². The number of aromatic nitrogens is 3. The molecular formula is C22H23FN4O8S. The Morgan fingerprint density at radius 3 is 2.69 bits per heavy atom. The monoisotopic (exact) mass is 522 g/mol. The fraction of sp³-hybridized carbons (Fsp3) is 0.318. The van der Waals surface area contributed by atoms with Crippen LogP contribution in [0.1, 0.15) is 28.3 Å². The number of esters is 1. The van der Waals surface area contributed by atoms with Crippen molar-refractivity contribution in [2.75, 3.05) is 19.8 Å². The van der Waals surface area contributed by atoms with Crippen LogP contribution < -0.4 is 0 Å². The summed E-state index contributed by atoms with van der Waals surface area (Å²) in [5, 5.41) is 13.4. The Bertz CT molecular complexity index is 1280. The summed E-state index contributed by atoms with van der Waals surface area (Å²) in [6, 6.07) is 9.45. The van der Waals surface area contributed by atoms with Crippen molar-refractivity contribution in [1.29, 1.82) is 0 Å². The largest absolute Gasteiger partial charge is 0.456 e. The summed E-state index contributed by atoms with van der Waals surface area (Å²) in [6.07, 6.45) is 0.293. The molecule has 36 heavy (non-hydrogen) atoms. The second-order valence-corrected chi connectivity index (χ2v) is 8.56. The van der Waals surface area contributed by atoms with Gasteiger partial charge in [-0.2, -0.15) is 0 Å². The van der Waals surface area contributed by atoms with Gasteiger partial charge in [-0.1, -0.05) is 23.8 Å². The number of halogens is 1. The van der Waals surface area contributed by atoms with Crippen molar-refractivity contribution < 1.29 is 37.3 Å². The maximum absolute atomic E-state index is 14.8. The minimum absolute atomic E-state index is 0.00343. The molecule has 2 aromatic carbocycles. The third kappa shape index (κ3) is 7.37. The van der Waals surface area contributed by atoms with Gasteiger partial charge < -0.3 is 18.9 Å². The van der Waals surface area contributed by atoms with Gasteiger partial charge in [0.1, 0.15) is 30.5 Å². The maximum Gasteiger partial charge on any atom is 0.332 e. The number of carbonyl (C=O) groups excluding carboxylic acids is 1. The number of ether oxygens (including phenoxy) is 2. The van der Waals surface area contributed by atoms with E-state index in [1.54, 1.807) is 0 Å². The van der Waals surface area contributed by atoms with Crippen molar-refractivity contribution in [2.24, 2.45) is 0 Å². The van der Waals surface area contributed by atoms with Gasteiger partial charge in [-0.25, -0.2) is 23.1 Å². The lowest BCUT2D eigenvalue weighted by Crippen LogP contribution is -2.16. The molecule has 0 bridgehead atoms. The fourth-order valence-corrected chi connectivity index (χ4v) is 3.59. The molecule has 0 radical (unpaired) electrons. The molecule has 12 nitrogen and oxygen atoms in total. The quantitative estimate of drug-likeness (QED) is 0.123. The summed E-state index contributed by atoms with van der Waals surface area (Å²) in [5.74, 6) is -1.09. The average Bonchev–Trinajstić information content (AvgIpc) is 3.21. The van der Waals surface area contributed by atoms with E-state index in [1.807, 2.05) is 32.0 Å². The lowest BCUT2D eigenvalue weighted by molar-refractivity contribution is -0.758. The summed E-state index contributed by atoms with van der Waals surface area (Å²) in [4.78, 5) is 30.4. The molecule has 1 aromatic heterocycles. The Morgan fingerprint density at radius 2 is 2.00 bits per heavy atom. The molecule has 1 unspecified atom stereocenters. The van der Waals surface area contributed by atoms with Gasteiger partial charge >= 0.3 is 5.97 Å². The number of benzene rings is 2. The van der Waals surface area contributed by atoms with Gasteiger partial charge in [0.2, 0.25) is 0 Å². The summed E-state index contributed by atoms with van der Waals surface area (Å²) >= 11 is -2.35. The van der Waals surface area contributed by atoms with Crippen LogP contribution >= 0.6 is 0 Å². The summed E-state index contributed by atoms with van der Waals surface area (Å²) < 4.78 is 46.7. The Balaban J connectivity index is 1.79. The van der Waals surface area contributed by atoms with Gasteiger partial charge in [0, 0.05) is 6.42 Å². The second-order valence-electron chi connectivity index (χ2n) is 7.60. The first kappa shape index (κ1) is 26.8. The highest BCUT2D eigenvalue weighted by Gasteiger charge is 2.18. The molecule has 3 aromatic rings. The second kappa shape index (κ2) is 12.3. The number of hydrogen-bond acceptors (Lipinski definition) is 9. The maximum atomic E-state index is 14.8. The van der Waals surface area contributed by atoms with E-state index in [2.05, 4.69) is 14.9 Å². The third-order valence-corrected chi connectivity index (χ3v) is 5.58. The Labute approximate surface area is 207 Å². The summed E-state index contributed by atoms with van der Waals surface area (Å²) in [6.45, 7) is 2.56. The van der Waals surface area contributed by atoms with Crippen molar-refractivity contribution in [2.45, 2.75) is 31.8 Å². The Hall–Kier alpha value is -3.75. The van der Waals surface area contributed by atoms with Gasteiger partial charge in [-0.3, -0.25) is 0 Å². The molecule has 0 aliphatic rings. The first-order chi connectivity index (χ1) is 17.1. The predicted molar refractivity (Wildman–Crippen MR) is 123 cm³/mol. The summed E-state index contributed by atoms with van der Waals surface area (Å²) in [5.41, 5.74) is 2.96. The number of hydrogen-bond donors (Lipinski definition) is 1. The first-order valence-electron chi connectivity index (χ1n) is 10.6. The number of carbonyl (C=O) groups is 1. The Kier molecular flexibility index (Phi) is 9.16. The van der Waals surface area contributed by atoms with Crippen molar-refractivity contribution in [3.63, 3.8) is 0 Å². The van der Waals surface area contributed by atoms with Gasteiger partial charge in [0.25, 0.3) is 5.09 Å². The highest BCUT2D eigenvalue weighted by molar-refractivity contribution is 7.79. The molecular weight excluding hydrogens is 499 g/mol. The Morgan fingerprint density at radius 1 is 1.22 bits per heavy atom. The minimum Gasteiger partial charge on any atom is -0.456 e. The van der Waals surface area contributed by atoms with Crippen LogP contribution in [-0.4, -0.2) is 54.4 Å². The third-order valence-electron chi connectivity index (χ3n) is 4.93. The van der Waals surface area contributed by atoms with Gasteiger partial charge in [-0.05, 0) is 43.2 Å². The predicted octanol–water partition coefficient (Wildman–Crippen LogP) is 2.46. The van der Waals surface area contributed by atoms with E-state index in [0.29, 0.717) is 12.2 Å². The van der Waals surface area contributed by atoms with Gasteiger partial charge in [0.15, 0.2) is 23.5 Å². The zero-order chi connectivity index (χ0) is 26.2. The molecule has 0 saturated carbocycles. The molecule has 0 amide bonds. The number of aryl methyl sites for hydroxylation is 2. The van der Waals surface area contributed by atoms with Crippen molar-refractivity contribution >= 4 is 17.0 Å². The molecule has 14 heteroatoms. The van der Waals surface area contributed by atoms with Gasteiger partial charge in [0.05, 0.1) is 11.5 Å². The van der Waals surface area contributed by atoms with Gasteiger partial charge in [-0.15, -0.1) is 15.2 Å². The van der Waals surface area contributed by atoms with Crippen molar-refractivity contribution in [3.05, 3.63) is 80.7 Å². The summed E-state index contributed by atoms with van der Waals surface area (Å²) in [7, 11) is 0. The molecule has 3 rings (SSSR count). The zero-order valence-corrected chi connectivity index (χ0v) is 20.2.